The van der Waals surface area contributed by atoms with Gasteiger partial charge in [-0.15, -0.1) is 18.8 Å². The minimum atomic E-state index is -0.635. The summed E-state index contributed by atoms with van der Waals surface area (Å²) in [5, 5.41) is 10.2. The van der Waals surface area contributed by atoms with Gasteiger partial charge in [0.15, 0.2) is 0 Å². The number of aliphatic hydroxyl groups excluding tert-OH is 1. The number of aliphatic hydroxyl groups is 1. The highest BCUT2D eigenvalue weighted by atomic mass is 35.5. The zero-order valence-electron chi connectivity index (χ0n) is 15.3. The second kappa shape index (κ2) is 9.88. The summed E-state index contributed by atoms with van der Waals surface area (Å²) in [6.07, 6.45) is 4.86. The quantitative estimate of drug-likeness (QED) is 0.746. The molecule has 0 amide bonds. The van der Waals surface area contributed by atoms with Crippen LogP contribution in [0.25, 0.3) is 0 Å². The van der Waals surface area contributed by atoms with Gasteiger partial charge in [0.2, 0.25) is 0 Å². The van der Waals surface area contributed by atoms with Crippen LogP contribution in [0.5, 0.6) is 5.75 Å². The number of ether oxygens (including phenoxy) is 2. The van der Waals surface area contributed by atoms with E-state index in [2.05, 4.69) is 21.8 Å². The van der Waals surface area contributed by atoms with Crippen LogP contribution in [0.15, 0.2) is 24.3 Å². The molecule has 6 heteroatoms. The first-order valence-corrected chi connectivity index (χ1v) is 8.35. The number of β-amino-alcohol motifs (C(OH)–C–C–N with tert-alkyl or cyclic N) is 1. The minimum absolute atomic E-state index is 0. The third-order valence-electron chi connectivity index (χ3n) is 4.25. The van der Waals surface area contributed by atoms with Crippen LogP contribution >= 0.6 is 12.4 Å². The van der Waals surface area contributed by atoms with Gasteiger partial charge in [-0.2, -0.15) is 0 Å². The van der Waals surface area contributed by atoms with E-state index in [9.17, 15) is 5.11 Å². The summed E-state index contributed by atoms with van der Waals surface area (Å²) in [6.45, 7) is 8.11. The van der Waals surface area contributed by atoms with Gasteiger partial charge in [0.05, 0.1) is 25.5 Å². The normalized spacial score (nSPS) is 16.7. The molecule has 0 aromatic heterocycles. The van der Waals surface area contributed by atoms with Crippen molar-refractivity contribution in [1.29, 1.82) is 0 Å². The molecule has 140 valence electrons. The molecule has 0 saturated carbocycles. The SMILES string of the molecule is C#CC(C)(C)OCC(O)CN1CCN(c2ccccc2OC)CC1.Cl. The molecule has 1 fully saturated rings. The van der Waals surface area contributed by atoms with E-state index >= 15 is 0 Å². The first-order valence-electron chi connectivity index (χ1n) is 8.35. The Kier molecular flexibility index (Phi) is 8.54. The van der Waals surface area contributed by atoms with Gasteiger partial charge in [0.1, 0.15) is 11.4 Å². The molecule has 1 aliphatic heterocycles. The lowest BCUT2D eigenvalue weighted by atomic mass is 10.1. The standard InChI is InChI=1S/C19H28N2O3.ClH/c1-5-19(2,3)24-15-16(22)14-20-10-12-21(13-11-20)17-8-6-7-9-18(17)23-4;/h1,6-9,16,22H,10-15H2,2-4H3;1H. The Hall–Kier alpha value is -1.45. The van der Waals surface area contributed by atoms with Crippen LogP contribution in [0.1, 0.15) is 13.8 Å². The highest BCUT2D eigenvalue weighted by Gasteiger charge is 2.22. The van der Waals surface area contributed by atoms with Gasteiger partial charge in [0, 0.05) is 32.7 Å². The summed E-state index contributed by atoms with van der Waals surface area (Å²) in [7, 11) is 1.70. The molecule has 1 atom stereocenters. The maximum atomic E-state index is 10.2. The van der Waals surface area contributed by atoms with E-state index < -0.39 is 11.7 Å². The van der Waals surface area contributed by atoms with E-state index in [1.165, 1.54) is 0 Å². The molecule has 25 heavy (non-hydrogen) atoms. The van der Waals surface area contributed by atoms with E-state index in [1.807, 2.05) is 32.0 Å². The highest BCUT2D eigenvalue weighted by molar-refractivity contribution is 5.85. The van der Waals surface area contributed by atoms with Gasteiger partial charge in [-0.1, -0.05) is 18.1 Å². The molecule has 1 heterocycles. The lowest BCUT2D eigenvalue weighted by molar-refractivity contribution is -0.0376. The topological polar surface area (TPSA) is 45.2 Å². The fourth-order valence-corrected chi connectivity index (χ4v) is 2.76. The van der Waals surface area contributed by atoms with Crippen molar-refractivity contribution in [3.8, 4) is 18.1 Å². The second-order valence-electron chi connectivity index (χ2n) is 6.58. The van der Waals surface area contributed by atoms with Crippen molar-refractivity contribution >= 4 is 18.1 Å². The smallest absolute Gasteiger partial charge is 0.142 e. The Balaban J connectivity index is 0.00000312. The van der Waals surface area contributed by atoms with E-state index in [4.69, 9.17) is 15.9 Å². The molecule has 0 radical (unpaired) electrons. The van der Waals surface area contributed by atoms with Crippen LogP contribution in [-0.4, -0.2) is 68.2 Å². The Morgan fingerprint density at radius 3 is 2.48 bits per heavy atom. The Bertz CT molecular complexity index is 566. The fraction of sp³-hybridized carbons (Fsp3) is 0.579. The van der Waals surface area contributed by atoms with Crippen molar-refractivity contribution in [2.24, 2.45) is 0 Å². The van der Waals surface area contributed by atoms with Crippen molar-refractivity contribution in [3.05, 3.63) is 24.3 Å². The predicted molar refractivity (Wildman–Crippen MR) is 104 cm³/mol. The number of hydrogen-bond acceptors (Lipinski definition) is 5. The van der Waals surface area contributed by atoms with Gasteiger partial charge in [-0.25, -0.2) is 0 Å². The van der Waals surface area contributed by atoms with Gasteiger partial charge in [-0.3, -0.25) is 4.90 Å². The van der Waals surface area contributed by atoms with Gasteiger partial charge < -0.3 is 19.5 Å². The largest absolute Gasteiger partial charge is 0.495 e. The number of methoxy groups -OCH3 is 1. The summed E-state index contributed by atoms with van der Waals surface area (Å²) in [4.78, 5) is 4.57. The second-order valence-corrected chi connectivity index (χ2v) is 6.58. The monoisotopic (exact) mass is 368 g/mol. The van der Waals surface area contributed by atoms with E-state index in [1.54, 1.807) is 7.11 Å². The third-order valence-corrected chi connectivity index (χ3v) is 4.25. The number of halogens is 1. The van der Waals surface area contributed by atoms with Gasteiger partial charge >= 0.3 is 0 Å². The van der Waals surface area contributed by atoms with Crippen LogP contribution in [0.4, 0.5) is 5.69 Å². The molecule has 5 nitrogen and oxygen atoms in total. The third kappa shape index (κ3) is 6.41. The highest BCUT2D eigenvalue weighted by Crippen LogP contribution is 2.28. The molecule has 0 aliphatic carbocycles. The molecule has 1 aliphatic rings. The zero-order valence-corrected chi connectivity index (χ0v) is 16.1. The lowest BCUT2D eigenvalue weighted by Gasteiger charge is -2.37. The number of piperazine rings is 1. The molecule has 2 rings (SSSR count). The number of nitrogens with zero attached hydrogens (tertiary/aromatic N) is 2. The van der Waals surface area contributed by atoms with Crippen molar-refractivity contribution in [2.45, 2.75) is 25.6 Å². The van der Waals surface area contributed by atoms with E-state index in [0.29, 0.717) is 6.54 Å². The first-order chi connectivity index (χ1) is 11.4. The number of rotatable bonds is 7. The maximum absolute atomic E-state index is 10.2. The summed E-state index contributed by atoms with van der Waals surface area (Å²) in [6, 6.07) is 8.07. The molecule has 1 N–H and O–H groups in total. The van der Waals surface area contributed by atoms with E-state index in [0.717, 1.165) is 37.6 Å². The summed E-state index contributed by atoms with van der Waals surface area (Å²) < 4.78 is 11.0. The van der Waals surface area contributed by atoms with Crippen molar-refractivity contribution in [1.82, 2.24) is 4.90 Å². The molecular formula is C19H29ClN2O3. The number of terminal acetylenes is 1. The molecule has 1 unspecified atom stereocenters. The lowest BCUT2D eigenvalue weighted by Crippen LogP contribution is -2.49. The summed E-state index contributed by atoms with van der Waals surface area (Å²) in [5.41, 5.74) is 0.489. The van der Waals surface area contributed by atoms with Crippen molar-refractivity contribution < 1.29 is 14.6 Å². The molecule has 0 bridgehead atoms. The Labute approximate surface area is 157 Å². The Morgan fingerprint density at radius 1 is 1.24 bits per heavy atom. The van der Waals surface area contributed by atoms with Crippen LogP contribution in [0.3, 0.4) is 0 Å². The van der Waals surface area contributed by atoms with Crippen LogP contribution in [0, 0.1) is 12.3 Å². The summed E-state index contributed by atoms with van der Waals surface area (Å²) in [5.74, 6) is 3.47. The van der Waals surface area contributed by atoms with Crippen molar-refractivity contribution in [2.75, 3.05) is 51.3 Å². The number of hydrogen-bond donors (Lipinski definition) is 1. The van der Waals surface area contributed by atoms with Crippen LogP contribution < -0.4 is 9.64 Å². The van der Waals surface area contributed by atoms with Crippen LogP contribution in [0.2, 0.25) is 0 Å². The van der Waals surface area contributed by atoms with Crippen molar-refractivity contribution in [3.63, 3.8) is 0 Å². The molecule has 0 spiro atoms. The minimum Gasteiger partial charge on any atom is -0.495 e. The average Bonchev–Trinajstić information content (AvgIpc) is 2.61. The maximum Gasteiger partial charge on any atom is 0.142 e. The number of para-hydroxylation sites is 2. The van der Waals surface area contributed by atoms with E-state index in [-0.39, 0.29) is 19.0 Å². The number of anilines is 1. The molecule has 1 aromatic rings. The first kappa shape index (κ1) is 21.6. The fourth-order valence-electron chi connectivity index (χ4n) is 2.76. The number of benzene rings is 1. The van der Waals surface area contributed by atoms with Crippen LogP contribution in [-0.2, 0) is 4.74 Å². The van der Waals surface area contributed by atoms with Gasteiger partial charge in [-0.05, 0) is 26.0 Å². The molecule has 1 saturated heterocycles. The zero-order chi connectivity index (χ0) is 17.6. The predicted octanol–water partition coefficient (Wildman–Crippen LogP) is 2.03. The Morgan fingerprint density at radius 2 is 1.88 bits per heavy atom. The molecule has 1 aromatic carbocycles. The molecular weight excluding hydrogens is 340 g/mol. The average molecular weight is 369 g/mol. The summed E-state index contributed by atoms with van der Waals surface area (Å²) >= 11 is 0. The van der Waals surface area contributed by atoms with Gasteiger partial charge in [0.25, 0.3) is 0 Å².